The van der Waals surface area contributed by atoms with Crippen molar-refractivity contribution in [2.75, 3.05) is 0 Å². The van der Waals surface area contributed by atoms with Crippen LogP contribution in [-0.4, -0.2) is 31.3 Å². The normalized spacial score (nSPS) is 16.7. The Kier molecular flexibility index (Phi) is 5.22. The number of nitrogens with one attached hydrogen (secondary N) is 1. The summed E-state index contributed by atoms with van der Waals surface area (Å²) in [5, 5.41) is 12.5. The zero-order valence-corrected chi connectivity index (χ0v) is 16.7. The standard InChI is InChI=1S/C18H21N5O2S2/c1-12-19-14(11-27-12)10-23-18(25)22-7-6-13(4-5-16(22)21-23)20-17(24)9-15-3-2-8-26-15/h2-3,8,11,13H,4-7,9-10H2,1H3,(H,20,24). The van der Waals surface area contributed by atoms with E-state index in [-0.39, 0.29) is 17.6 Å². The lowest BCUT2D eigenvalue weighted by Crippen LogP contribution is -2.36. The minimum Gasteiger partial charge on any atom is -0.353 e. The number of aryl methyl sites for hydroxylation is 2. The zero-order chi connectivity index (χ0) is 18.8. The van der Waals surface area contributed by atoms with Gasteiger partial charge in [-0.15, -0.1) is 22.7 Å². The van der Waals surface area contributed by atoms with Crippen molar-refractivity contribution in [1.82, 2.24) is 24.6 Å². The maximum Gasteiger partial charge on any atom is 0.346 e. The van der Waals surface area contributed by atoms with E-state index in [1.54, 1.807) is 27.2 Å². The van der Waals surface area contributed by atoms with Gasteiger partial charge in [0.1, 0.15) is 5.82 Å². The predicted octanol–water partition coefficient (Wildman–Crippen LogP) is 1.98. The van der Waals surface area contributed by atoms with E-state index in [0.29, 0.717) is 25.9 Å². The van der Waals surface area contributed by atoms with Crippen LogP contribution in [0, 0.1) is 6.92 Å². The molecule has 3 aromatic heterocycles. The largest absolute Gasteiger partial charge is 0.353 e. The fourth-order valence-electron chi connectivity index (χ4n) is 3.36. The van der Waals surface area contributed by atoms with Crippen LogP contribution in [0.4, 0.5) is 0 Å². The van der Waals surface area contributed by atoms with Crippen LogP contribution in [-0.2, 0) is 30.7 Å². The highest BCUT2D eigenvalue weighted by molar-refractivity contribution is 7.10. The van der Waals surface area contributed by atoms with E-state index in [4.69, 9.17) is 0 Å². The number of aromatic nitrogens is 4. The smallest absolute Gasteiger partial charge is 0.346 e. The van der Waals surface area contributed by atoms with Gasteiger partial charge in [-0.1, -0.05) is 6.07 Å². The Morgan fingerprint density at radius 1 is 1.37 bits per heavy atom. The van der Waals surface area contributed by atoms with Gasteiger partial charge >= 0.3 is 5.69 Å². The molecule has 1 amide bonds. The Morgan fingerprint density at radius 3 is 3.00 bits per heavy atom. The highest BCUT2D eigenvalue weighted by Crippen LogP contribution is 2.14. The summed E-state index contributed by atoms with van der Waals surface area (Å²) in [5.74, 6) is 0.834. The Morgan fingerprint density at radius 2 is 2.26 bits per heavy atom. The van der Waals surface area contributed by atoms with E-state index in [2.05, 4.69) is 15.4 Å². The van der Waals surface area contributed by atoms with E-state index < -0.39 is 0 Å². The third-order valence-electron chi connectivity index (χ3n) is 4.68. The summed E-state index contributed by atoms with van der Waals surface area (Å²) in [6.07, 6.45) is 2.63. The summed E-state index contributed by atoms with van der Waals surface area (Å²) in [6.45, 7) is 2.94. The van der Waals surface area contributed by atoms with E-state index >= 15 is 0 Å². The lowest BCUT2D eigenvalue weighted by atomic mass is 10.1. The van der Waals surface area contributed by atoms with Crippen molar-refractivity contribution in [2.24, 2.45) is 0 Å². The summed E-state index contributed by atoms with van der Waals surface area (Å²) in [4.78, 5) is 30.4. The van der Waals surface area contributed by atoms with Gasteiger partial charge in [0.25, 0.3) is 0 Å². The lowest BCUT2D eigenvalue weighted by molar-refractivity contribution is -0.121. The van der Waals surface area contributed by atoms with Crippen molar-refractivity contribution in [3.05, 3.63) is 54.8 Å². The molecular formula is C18H21N5O2S2. The fourth-order valence-corrected chi connectivity index (χ4v) is 4.67. The molecule has 0 spiro atoms. The number of thiophene rings is 1. The third kappa shape index (κ3) is 4.19. The second-order valence-corrected chi connectivity index (χ2v) is 8.81. The first kappa shape index (κ1) is 18.1. The number of amides is 1. The summed E-state index contributed by atoms with van der Waals surface area (Å²) in [7, 11) is 0. The molecular weight excluding hydrogens is 382 g/mol. The van der Waals surface area contributed by atoms with Crippen LogP contribution < -0.4 is 11.0 Å². The van der Waals surface area contributed by atoms with Crippen molar-refractivity contribution in [2.45, 2.75) is 51.7 Å². The molecule has 0 bridgehead atoms. The van der Waals surface area contributed by atoms with Crippen LogP contribution in [0.3, 0.4) is 0 Å². The van der Waals surface area contributed by atoms with Crippen molar-refractivity contribution in [1.29, 1.82) is 0 Å². The molecule has 3 aromatic rings. The van der Waals surface area contributed by atoms with Crippen LogP contribution in [0.5, 0.6) is 0 Å². The molecule has 1 atom stereocenters. The Labute approximate surface area is 164 Å². The molecule has 142 valence electrons. The first-order valence-corrected chi connectivity index (χ1v) is 10.7. The summed E-state index contributed by atoms with van der Waals surface area (Å²) >= 11 is 3.16. The quantitative estimate of drug-likeness (QED) is 0.706. The second kappa shape index (κ2) is 7.77. The Hall–Kier alpha value is -2.26. The van der Waals surface area contributed by atoms with Crippen molar-refractivity contribution >= 4 is 28.6 Å². The summed E-state index contributed by atoms with van der Waals surface area (Å²) in [5.41, 5.74) is 0.771. The van der Waals surface area contributed by atoms with Crippen LogP contribution >= 0.6 is 22.7 Å². The highest BCUT2D eigenvalue weighted by Gasteiger charge is 2.22. The number of carbonyl (C=O) groups excluding carboxylic acids is 1. The molecule has 4 heterocycles. The topological polar surface area (TPSA) is 81.8 Å². The molecule has 7 nitrogen and oxygen atoms in total. The zero-order valence-electron chi connectivity index (χ0n) is 15.1. The van der Waals surface area contributed by atoms with Gasteiger partial charge in [0.2, 0.25) is 5.91 Å². The van der Waals surface area contributed by atoms with E-state index in [9.17, 15) is 9.59 Å². The van der Waals surface area contributed by atoms with Gasteiger partial charge < -0.3 is 5.32 Å². The second-order valence-electron chi connectivity index (χ2n) is 6.71. The SMILES string of the molecule is Cc1nc(Cn2nc3n(c2=O)CCC(NC(=O)Cc2cccs2)CC3)cs1. The monoisotopic (exact) mass is 403 g/mol. The number of carbonyl (C=O) groups is 1. The van der Waals surface area contributed by atoms with Crippen molar-refractivity contribution in [3.63, 3.8) is 0 Å². The number of thiazole rings is 1. The van der Waals surface area contributed by atoms with Crippen LogP contribution in [0.1, 0.15) is 34.2 Å². The van der Waals surface area contributed by atoms with Gasteiger partial charge in [0.15, 0.2) is 0 Å². The summed E-state index contributed by atoms with van der Waals surface area (Å²) < 4.78 is 3.24. The molecule has 1 aliphatic heterocycles. The number of fused-ring (bicyclic) bond motifs is 1. The minimum atomic E-state index is -0.0961. The van der Waals surface area contributed by atoms with Gasteiger partial charge in [-0.2, -0.15) is 5.10 Å². The van der Waals surface area contributed by atoms with Gasteiger partial charge in [0.05, 0.1) is 23.7 Å². The molecule has 1 unspecified atom stereocenters. The lowest BCUT2D eigenvalue weighted by Gasteiger charge is -2.15. The minimum absolute atomic E-state index is 0.0401. The van der Waals surface area contributed by atoms with E-state index in [1.807, 2.05) is 29.8 Å². The first-order valence-electron chi connectivity index (χ1n) is 8.98. The van der Waals surface area contributed by atoms with Crippen LogP contribution in [0.2, 0.25) is 0 Å². The molecule has 0 saturated carbocycles. The van der Waals surface area contributed by atoms with E-state index in [1.165, 1.54) is 4.68 Å². The molecule has 9 heteroatoms. The maximum absolute atomic E-state index is 12.7. The average Bonchev–Trinajstić information content (AvgIpc) is 3.31. The molecule has 0 radical (unpaired) electrons. The van der Waals surface area contributed by atoms with Gasteiger partial charge in [-0.05, 0) is 31.2 Å². The van der Waals surface area contributed by atoms with Crippen LogP contribution in [0.15, 0.2) is 27.7 Å². The molecule has 0 saturated heterocycles. The molecule has 1 aliphatic rings. The third-order valence-corrected chi connectivity index (χ3v) is 6.37. The number of nitrogens with zero attached hydrogens (tertiary/aromatic N) is 4. The first-order chi connectivity index (χ1) is 13.1. The molecule has 4 rings (SSSR count). The number of hydrogen-bond acceptors (Lipinski definition) is 6. The molecule has 1 N–H and O–H groups in total. The average molecular weight is 404 g/mol. The predicted molar refractivity (Wildman–Crippen MR) is 105 cm³/mol. The van der Waals surface area contributed by atoms with Crippen molar-refractivity contribution < 1.29 is 4.79 Å². The number of rotatable bonds is 5. The van der Waals surface area contributed by atoms with Crippen LogP contribution in [0.25, 0.3) is 0 Å². The Balaban J connectivity index is 1.39. The molecule has 0 aliphatic carbocycles. The van der Waals surface area contributed by atoms with E-state index in [0.717, 1.165) is 34.2 Å². The molecule has 27 heavy (non-hydrogen) atoms. The Bertz CT molecular complexity index is 986. The van der Waals surface area contributed by atoms with Gasteiger partial charge in [-0.3, -0.25) is 9.36 Å². The maximum atomic E-state index is 12.7. The van der Waals surface area contributed by atoms with Crippen molar-refractivity contribution in [3.8, 4) is 0 Å². The summed E-state index contributed by atoms with van der Waals surface area (Å²) in [6, 6.07) is 4.00. The number of hydrogen-bond donors (Lipinski definition) is 1. The van der Waals surface area contributed by atoms with Gasteiger partial charge in [0, 0.05) is 29.3 Å². The fraction of sp³-hybridized carbons (Fsp3) is 0.444. The van der Waals surface area contributed by atoms with Gasteiger partial charge in [-0.25, -0.2) is 14.5 Å². The molecule has 0 fully saturated rings. The molecule has 0 aromatic carbocycles. The highest BCUT2D eigenvalue weighted by atomic mass is 32.1.